The van der Waals surface area contributed by atoms with Gasteiger partial charge in [-0.3, -0.25) is 14.4 Å². The molecule has 3 amide bonds. The van der Waals surface area contributed by atoms with E-state index in [4.69, 9.17) is 0 Å². The van der Waals surface area contributed by atoms with Gasteiger partial charge in [0.15, 0.2) is 0 Å². The Morgan fingerprint density at radius 1 is 1.25 bits per heavy atom. The molecule has 2 heterocycles. The van der Waals surface area contributed by atoms with Crippen LogP contribution in [-0.2, 0) is 9.59 Å². The number of hydrogen-bond donors (Lipinski definition) is 1. The summed E-state index contributed by atoms with van der Waals surface area (Å²) in [6.07, 6.45) is 4.44. The van der Waals surface area contributed by atoms with Gasteiger partial charge in [0.25, 0.3) is 5.91 Å². The van der Waals surface area contributed by atoms with Crippen LogP contribution in [0.15, 0.2) is 30.3 Å². The van der Waals surface area contributed by atoms with Crippen LogP contribution in [0.1, 0.15) is 49.4 Å². The van der Waals surface area contributed by atoms with E-state index in [2.05, 4.69) is 12.2 Å². The number of benzene rings is 1. The number of carbonyl (C=O) groups is 3. The van der Waals surface area contributed by atoms with Crippen LogP contribution in [0.3, 0.4) is 0 Å². The van der Waals surface area contributed by atoms with Crippen molar-refractivity contribution in [3.63, 3.8) is 0 Å². The topological polar surface area (TPSA) is 69.7 Å². The van der Waals surface area contributed by atoms with Crippen LogP contribution in [0.25, 0.3) is 0 Å². The Labute approximate surface area is 166 Å². The normalized spacial score (nSPS) is 26.5. The van der Waals surface area contributed by atoms with E-state index in [1.807, 2.05) is 23.1 Å². The molecule has 3 fully saturated rings. The lowest BCUT2D eigenvalue weighted by Crippen LogP contribution is -2.45. The second kappa shape index (κ2) is 7.57. The van der Waals surface area contributed by atoms with Gasteiger partial charge in [0, 0.05) is 31.7 Å². The molecule has 28 heavy (non-hydrogen) atoms. The van der Waals surface area contributed by atoms with Gasteiger partial charge in [-0.15, -0.1) is 0 Å². The van der Waals surface area contributed by atoms with E-state index in [-0.39, 0.29) is 17.7 Å². The van der Waals surface area contributed by atoms with E-state index in [0.29, 0.717) is 37.4 Å². The molecule has 0 bridgehead atoms. The molecule has 1 spiro atoms. The average Bonchev–Trinajstić information content (AvgIpc) is 3.34. The molecule has 150 valence electrons. The third-order valence-corrected chi connectivity index (χ3v) is 6.32. The van der Waals surface area contributed by atoms with Gasteiger partial charge in [-0.25, -0.2) is 0 Å². The highest BCUT2D eigenvalue weighted by atomic mass is 16.2. The fraction of sp³-hybridized carbons (Fsp3) is 0.591. The zero-order valence-electron chi connectivity index (χ0n) is 16.5. The van der Waals surface area contributed by atoms with Gasteiger partial charge < -0.3 is 15.1 Å². The molecule has 1 aromatic rings. The summed E-state index contributed by atoms with van der Waals surface area (Å²) in [5.74, 6) is 0.567. The fourth-order valence-electron chi connectivity index (χ4n) is 4.55. The molecule has 0 unspecified atom stereocenters. The summed E-state index contributed by atoms with van der Waals surface area (Å²) in [5, 5.41) is 2.95. The zero-order chi connectivity index (χ0) is 19.7. The van der Waals surface area contributed by atoms with Crippen LogP contribution in [-0.4, -0.2) is 59.7 Å². The van der Waals surface area contributed by atoms with Crippen molar-refractivity contribution < 1.29 is 14.4 Å². The van der Waals surface area contributed by atoms with E-state index in [0.717, 1.165) is 19.5 Å². The van der Waals surface area contributed by atoms with Crippen LogP contribution < -0.4 is 5.32 Å². The number of amides is 3. The molecule has 0 aromatic heterocycles. The van der Waals surface area contributed by atoms with Gasteiger partial charge in [0.1, 0.15) is 6.04 Å². The molecule has 1 saturated carbocycles. The summed E-state index contributed by atoms with van der Waals surface area (Å²) in [6, 6.07) is 8.72. The van der Waals surface area contributed by atoms with Crippen molar-refractivity contribution in [1.82, 2.24) is 15.1 Å². The van der Waals surface area contributed by atoms with Crippen molar-refractivity contribution in [1.29, 1.82) is 0 Å². The Morgan fingerprint density at radius 2 is 2.00 bits per heavy atom. The maximum absolute atomic E-state index is 13.1. The molecule has 2 atom stereocenters. The highest BCUT2D eigenvalue weighted by Gasteiger charge is 2.54. The molecule has 1 N–H and O–H groups in total. The minimum atomic E-state index is -0.623. The van der Waals surface area contributed by atoms with Gasteiger partial charge >= 0.3 is 0 Å². The molecular formula is C22H29N3O3. The molecule has 6 heteroatoms. The van der Waals surface area contributed by atoms with E-state index in [1.165, 1.54) is 12.8 Å². The standard InChI is InChI=1S/C22H29N3O3/c1-2-11-24(14-16-8-9-16)20(27)18-13-22(21(28)23-18)10-12-25(15-22)19(26)17-6-4-3-5-7-17/h3-7,16,18H,2,8-15H2,1H3,(H,23,28)/t18-,22+/m0/s1. The number of rotatable bonds is 6. The van der Waals surface area contributed by atoms with Crippen LogP contribution >= 0.6 is 0 Å². The predicted octanol–water partition coefficient (Wildman–Crippen LogP) is 2.06. The summed E-state index contributed by atoms with van der Waals surface area (Å²) in [4.78, 5) is 42.3. The van der Waals surface area contributed by atoms with Gasteiger partial charge in [0.05, 0.1) is 5.41 Å². The number of hydrogen-bond acceptors (Lipinski definition) is 3. The van der Waals surface area contributed by atoms with Gasteiger partial charge in [0.2, 0.25) is 11.8 Å². The summed E-state index contributed by atoms with van der Waals surface area (Å²) >= 11 is 0. The highest BCUT2D eigenvalue weighted by Crippen LogP contribution is 2.40. The van der Waals surface area contributed by atoms with Crippen molar-refractivity contribution in [2.45, 2.75) is 45.1 Å². The third kappa shape index (κ3) is 3.64. The van der Waals surface area contributed by atoms with Crippen molar-refractivity contribution >= 4 is 17.7 Å². The van der Waals surface area contributed by atoms with E-state index >= 15 is 0 Å². The van der Waals surface area contributed by atoms with Gasteiger partial charge in [-0.1, -0.05) is 25.1 Å². The van der Waals surface area contributed by atoms with Crippen LogP contribution in [0, 0.1) is 11.3 Å². The smallest absolute Gasteiger partial charge is 0.253 e. The summed E-state index contributed by atoms with van der Waals surface area (Å²) in [6.45, 7) is 4.58. The molecule has 1 aromatic carbocycles. The van der Waals surface area contributed by atoms with Crippen LogP contribution in [0.4, 0.5) is 0 Å². The molecule has 2 aliphatic heterocycles. The largest absolute Gasteiger partial charge is 0.344 e. The van der Waals surface area contributed by atoms with E-state index in [9.17, 15) is 14.4 Å². The van der Waals surface area contributed by atoms with Crippen molar-refractivity contribution in [3.8, 4) is 0 Å². The maximum atomic E-state index is 13.1. The lowest BCUT2D eigenvalue weighted by molar-refractivity contribution is -0.134. The Morgan fingerprint density at radius 3 is 2.68 bits per heavy atom. The lowest BCUT2D eigenvalue weighted by atomic mass is 9.83. The van der Waals surface area contributed by atoms with Crippen molar-refractivity contribution in [3.05, 3.63) is 35.9 Å². The first-order valence-corrected chi connectivity index (χ1v) is 10.5. The highest BCUT2D eigenvalue weighted by molar-refractivity contribution is 5.97. The number of nitrogens with one attached hydrogen (secondary N) is 1. The zero-order valence-corrected chi connectivity index (χ0v) is 16.5. The second-order valence-electron chi connectivity index (χ2n) is 8.58. The van der Waals surface area contributed by atoms with Gasteiger partial charge in [-0.05, 0) is 50.2 Å². The minimum absolute atomic E-state index is 0.0404. The Bertz CT molecular complexity index is 762. The summed E-state index contributed by atoms with van der Waals surface area (Å²) < 4.78 is 0. The number of nitrogens with zero attached hydrogens (tertiary/aromatic N) is 2. The van der Waals surface area contributed by atoms with E-state index < -0.39 is 11.5 Å². The fourth-order valence-corrected chi connectivity index (χ4v) is 4.55. The SMILES string of the molecule is CCCN(CC1CC1)C(=O)[C@@H]1C[C@@]2(CCN(C(=O)c3ccccc3)C2)C(=O)N1. The van der Waals surface area contributed by atoms with E-state index in [1.54, 1.807) is 17.0 Å². The van der Waals surface area contributed by atoms with Crippen molar-refractivity contribution in [2.75, 3.05) is 26.2 Å². The second-order valence-corrected chi connectivity index (χ2v) is 8.58. The molecule has 6 nitrogen and oxygen atoms in total. The van der Waals surface area contributed by atoms with Crippen molar-refractivity contribution in [2.24, 2.45) is 11.3 Å². The summed E-state index contributed by atoms with van der Waals surface area (Å²) in [5.41, 5.74) is 0.0199. The molecule has 1 aliphatic carbocycles. The summed E-state index contributed by atoms with van der Waals surface area (Å²) in [7, 11) is 0. The Balaban J connectivity index is 1.42. The van der Waals surface area contributed by atoms with Crippen LogP contribution in [0.2, 0.25) is 0 Å². The average molecular weight is 383 g/mol. The molecular weight excluding hydrogens is 354 g/mol. The number of likely N-dealkylation sites (tertiary alicyclic amines) is 1. The predicted molar refractivity (Wildman–Crippen MR) is 106 cm³/mol. The maximum Gasteiger partial charge on any atom is 0.253 e. The Hall–Kier alpha value is -2.37. The number of carbonyl (C=O) groups excluding carboxylic acids is 3. The quantitative estimate of drug-likeness (QED) is 0.817. The first kappa shape index (κ1) is 19.0. The molecule has 0 radical (unpaired) electrons. The molecule has 2 saturated heterocycles. The first-order chi connectivity index (χ1) is 13.5. The van der Waals surface area contributed by atoms with Crippen LogP contribution in [0.5, 0.6) is 0 Å². The minimum Gasteiger partial charge on any atom is -0.344 e. The first-order valence-electron chi connectivity index (χ1n) is 10.5. The monoisotopic (exact) mass is 383 g/mol. The molecule has 4 rings (SSSR count). The molecule has 3 aliphatic rings. The van der Waals surface area contributed by atoms with Gasteiger partial charge in [-0.2, -0.15) is 0 Å². The third-order valence-electron chi connectivity index (χ3n) is 6.32. The Kier molecular flexibility index (Phi) is 5.13. The lowest BCUT2D eigenvalue weighted by Gasteiger charge is -2.26.